The molecule has 0 unspecified atom stereocenters. The second-order valence-corrected chi connectivity index (χ2v) is 12.2. The van der Waals surface area contributed by atoms with E-state index in [1.807, 2.05) is 97.1 Å². The number of halogens is 1. The van der Waals surface area contributed by atoms with Crippen LogP contribution >= 0.6 is 11.6 Å². The average Bonchev–Trinajstić information content (AvgIpc) is 3.22. The van der Waals surface area contributed by atoms with Crippen LogP contribution in [0, 0.1) is 0 Å². The van der Waals surface area contributed by atoms with Gasteiger partial charge >= 0.3 is 0 Å². The normalized spacial score (nSPS) is 10.7. The third-order valence-corrected chi connectivity index (χ3v) is 8.93. The summed E-state index contributed by atoms with van der Waals surface area (Å²) in [7, 11) is 6.46. The number of pyridine rings is 3. The summed E-state index contributed by atoms with van der Waals surface area (Å²) in [5, 5.41) is 1.71. The highest BCUT2D eigenvalue weighted by Gasteiger charge is 2.22. The SMILES string of the molecule is COc1ccc(CN(C(=O)c2cccnc2Cl)c2cccc(OC)c2)cc1.COc1ccc(Cn2c(=O)c3cccnc3c3ccc(OC)cc32)cc1. The molecule has 0 N–H and O–H groups in total. The molecule has 53 heavy (non-hydrogen) atoms. The minimum absolute atomic E-state index is 0.0651. The van der Waals surface area contributed by atoms with Gasteiger partial charge in [0.25, 0.3) is 11.5 Å². The van der Waals surface area contributed by atoms with E-state index < -0.39 is 0 Å². The van der Waals surface area contributed by atoms with Crippen LogP contribution in [0.25, 0.3) is 21.8 Å². The van der Waals surface area contributed by atoms with E-state index in [0.29, 0.717) is 46.7 Å². The lowest BCUT2D eigenvalue weighted by atomic mass is 10.1. The van der Waals surface area contributed by atoms with E-state index in [0.717, 1.165) is 33.5 Å². The van der Waals surface area contributed by atoms with Crippen molar-refractivity contribution < 1.29 is 23.7 Å². The standard InChI is InChI=1S/C21H19ClN2O3.C21H18N2O3/c1-26-17-10-8-15(9-11-17)14-24(16-5-3-6-18(13-16)27-2)21(25)19-7-4-12-23-20(19)22;1-25-15-7-5-14(6-8-15)13-23-19-12-16(26-2)9-10-17(19)20-18(21(23)24)4-3-11-22-20/h3-13H,14H2,1-2H3;3-12H,13H2,1-2H3. The predicted molar refractivity (Wildman–Crippen MR) is 208 cm³/mol. The molecular weight excluding hydrogens is 692 g/mol. The van der Waals surface area contributed by atoms with Gasteiger partial charge in [-0.2, -0.15) is 0 Å². The molecule has 0 spiro atoms. The number of benzene rings is 4. The zero-order valence-corrected chi connectivity index (χ0v) is 30.4. The van der Waals surface area contributed by atoms with Gasteiger partial charge in [-0.25, -0.2) is 4.98 Å². The molecule has 3 aromatic heterocycles. The number of rotatable bonds is 10. The molecule has 10 nitrogen and oxygen atoms in total. The van der Waals surface area contributed by atoms with Crippen LogP contribution in [-0.2, 0) is 13.1 Å². The van der Waals surface area contributed by atoms with E-state index in [-0.39, 0.29) is 16.6 Å². The molecule has 0 atom stereocenters. The number of anilines is 1. The summed E-state index contributed by atoms with van der Waals surface area (Å²) in [4.78, 5) is 36.4. The van der Waals surface area contributed by atoms with Crippen LogP contribution in [0.4, 0.5) is 5.69 Å². The summed E-state index contributed by atoms with van der Waals surface area (Å²) in [6.45, 7) is 0.818. The first-order valence-electron chi connectivity index (χ1n) is 16.6. The minimum atomic E-state index is -0.239. The van der Waals surface area contributed by atoms with Crippen LogP contribution < -0.4 is 29.4 Å². The maximum Gasteiger partial charge on any atom is 0.261 e. The number of methoxy groups -OCH3 is 4. The number of carbonyl (C=O) groups excluding carboxylic acids is 1. The van der Waals surface area contributed by atoms with Gasteiger partial charge in [0.15, 0.2) is 0 Å². The van der Waals surface area contributed by atoms with E-state index in [9.17, 15) is 9.59 Å². The van der Waals surface area contributed by atoms with Crippen LogP contribution in [0.1, 0.15) is 21.5 Å². The fourth-order valence-corrected chi connectivity index (χ4v) is 6.04. The van der Waals surface area contributed by atoms with Gasteiger partial charge in [-0.15, -0.1) is 0 Å². The van der Waals surface area contributed by atoms with Crippen molar-refractivity contribution in [1.29, 1.82) is 0 Å². The van der Waals surface area contributed by atoms with Crippen LogP contribution in [0.3, 0.4) is 0 Å². The molecule has 0 fully saturated rings. The lowest BCUT2D eigenvalue weighted by Crippen LogP contribution is -2.30. The van der Waals surface area contributed by atoms with Gasteiger partial charge in [0.1, 0.15) is 28.2 Å². The highest BCUT2D eigenvalue weighted by atomic mass is 35.5. The summed E-state index contributed by atoms with van der Waals surface area (Å²) in [6.07, 6.45) is 3.26. The van der Waals surface area contributed by atoms with Gasteiger partial charge in [0.2, 0.25) is 0 Å². The van der Waals surface area contributed by atoms with Crippen LogP contribution in [0.15, 0.2) is 132 Å². The molecule has 0 aliphatic carbocycles. The van der Waals surface area contributed by atoms with E-state index in [4.69, 9.17) is 30.5 Å². The molecule has 7 rings (SSSR count). The molecule has 0 aliphatic heterocycles. The molecule has 4 aromatic carbocycles. The van der Waals surface area contributed by atoms with Crippen molar-refractivity contribution in [3.8, 4) is 23.0 Å². The van der Waals surface area contributed by atoms with E-state index in [1.165, 1.54) is 0 Å². The summed E-state index contributed by atoms with van der Waals surface area (Å²) in [5.74, 6) is 2.67. The van der Waals surface area contributed by atoms with Crippen molar-refractivity contribution in [2.45, 2.75) is 13.1 Å². The number of amides is 1. The topological polar surface area (TPSA) is 105 Å². The molecule has 268 valence electrons. The fourth-order valence-electron chi connectivity index (χ4n) is 5.84. The predicted octanol–water partition coefficient (Wildman–Crippen LogP) is 8.21. The Hall–Kier alpha value is -6.39. The smallest absolute Gasteiger partial charge is 0.261 e. The zero-order chi connectivity index (χ0) is 37.3. The molecule has 3 heterocycles. The number of hydrogen-bond acceptors (Lipinski definition) is 8. The lowest BCUT2D eigenvalue weighted by molar-refractivity contribution is 0.0985. The van der Waals surface area contributed by atoms with Crippen molar-refractivity contribution in [2.75, 3.05) is 33.3 Å². The molecule has 0 bridgehead atoms. The second kappa shape index (κ2) is 16.8. The Labute approximate surface area is 311 Å². The number of carbonyl (C=O) groups is 1. The largest absolute Gasteiger partial charge is 0.497 e. The van der Waals surface area contributed by atoms with Gasteiger partial charge in [0, 0.05) is 35.6 Å². The molecule has 11 heteroatoms. The third-order valence-electron chi connectivity index (χ3n) is 8.63. The van der Waals surface area contributed by atoms with Crippen molar-refractivity contribution >= 4 is 45.0 Å². The Bertz CT molecular complexity index is 2420. The quantitative estimate of drug-likeness (QED) is 0.103. The summed E-state index contributed by atoms with van der Waals surface area (Å²) < 4.78 is 22.8. The molecule has 0 saturated carbocycles. The van der Waals surface area contributed by atoms with E-state index >= 15 is 0 Å². The number of ether oxygens (including phenoxy) is 4. The molecule has 0 saturated heterocycles. The van der Waals surface area contributed by atoms with Gasteiger partial charge in [0.05, 0.1) is 63.5 Å². The summed E-state index contributed by atoms with van der Waals surface area (Å²) >= 11 is 6.15. The van der Waals surface area contributed by atoms with Crippen molar-refractivity contribution in [3.63, 3.8) is 0 Å². The summed E-state index contributed by atoms with van der Waals surface area (Å²) in [5.41, 5.74) is 4.46. The zero-order valence-electron chi connectivity index (χ0n) is 29.7. The molecule has 1 amide bonds. The Morgan fingerprint density at radius 2 is 1.26 bits per heavy atom. The first kappa shape index (κ1) is 36.4. The number of nitrogens with zero attached hydrogens (tertiary/aromatic N) is 4. The van der Waals surface area contributed by atoms with Gasteiger partial charge < -0.3 is 28.4 Å². The Kier molecular flexibility index (Phi) is 11.5. The Balaban J connectivity index is 0.000000181. The number of aromatic nitrogens is 3. The van der Waals surface area contributed by atoms with E-state index in [1.54, 1.807) is 68.5 Å². The molecule has 0 radical (unpaired) electrons. The number of fused-ring (bicyclic) bond motifs is 3. The van der Waals surface area contributed by atoms with Crippen molar-refractivity contribution in [1.82, 2.24) is 14.5 Å². The second-order valence-electron chi connectivity index (χ2n) is 11.8. The lowest BCUT2D eigenvalue weighted by Gasteiger charge is -2.24. The van der Waals surface area contributed by atoms with Crippen molar-refractivity contribution in [3.05, 3.63) is 160 Å². The number of hydrogen-bond donors (Lipinski definition) is 0. The Morgan fingerprint density at radius 1 is 0.660 bits per heavy atom. The Morgan fingerprint density at radius 3 is 1.92 bits per heavy atom. The highest BCUT2D eigenvalue weighted by molar-refractivity contribution is 6.33. The van der Waals surface area contributed by atoms with Crippen molar-refractivity contribution in [2.24, 2.45) is 0 Å². The average molecular weight is 729 g/mol. The first-order chi connectivity index (χ1) is 25.8. The molecule has 0 aliphatic rings. The van der Waals surface area contributed by atoms with E-state index in [2.05, 4.69) is 9.97 Å². The van der Waals surface area contributed by atoms with Gasteiger partial charge in [-0.1, -0.05) is 41.9 Å². The van der Waals surface area contributed by atoms with Crippen LogP contribution in [0.2, 0.25) is 5.15 Å². The van der Waals surface area contributed by atoms with Gasteiger partial charge in [-0.05, 0) is 83.9 Å². The maximum absolute atomic E-state index is 13.2. The summed E-state index contributed by atoms with van der Waals surface area (Å²) in [6, 6.07) is 35.3. The minimum Gasteiger partial charge on any atom is -0.497 e. The first-order valence-corrected chi connectivity index (χ1v) is 17.0. The molecular formula is C42H37ClN4O6. The molecule has 7 aromatic rings. The monoisotopic (exact) mass is 728 g/mol. The third kappa shape index (κ3) is 8.24. The highest BCUT2D eigenvalue weighted by Crippen LogP contribution is 2.28. The van der Waals surface area contributed by atoms with Crippen LogP contribution in [0.5, 0.6) is 23.0 Å². The van der Waals surface area contributed by atoms with Crippen LogP contribution in [-0.4, -0.2) is 48.9 Å². The fraction of sp³-hybridized carbons (Fsp3) is 0.143. The maximum atomic E-state index is 13.2. The van der Waals surface area contributed by atoms with Gasteiger partial charge in [-0.3, -0.25) is 14.6 Å².